The van der Waals surface area contributed by atoms with Crippen LogP contribution >= 0.6 is 0 Å². The quantitative estimate of drug-likeness (QED) is 0.0194. The van der Waals surface area contributed by atoms with Crippen LogP contribution < -0.4 is 5.32 Å². The predicted molar refractivity (Wildman–Crippen MR) is 245 cm³/mol. The topological polar surface area (TPSA) is 192 Å². The summed E-state index contributed by atoms with van der Waals surface area (Å²) in [4.78, 5) is 13.0. The third-order valence-electron chi connectivity index (χ3n) is 11.7. The maximum Gasteiger partial charge on any atom is 0.397 e. The molecule has 13 heteroatoms. The molecule has 6 N–H and O–H groups in total. The van der Waals surface area contributed by atoms with Crippen molar-refractivity contribution in [3.8, 4) is 0 Å². The lowest BCUT2D eigenvalue weighted by Gasteiger charge is -2.41. The van der Waals surface area contributed by atoms with Gasteiger partial charge in [0, 0.05) is 6.42 Å². The van der Waals surface area contributed by atoms with Crippen LogP contribution in [-0.4, -0.2) is 95.4 Å². The van der Waals surface area contributed by atoms with Gasteiger partial charge in [-0.25, -0.2) is 4.18 Å². The summed E-state index contributed by atoms with van der Waals surface area (Å²) in [5, 5.41) is 44.7. The summed E-state index contributed by atoms with van der Waals surface area (Å²) in [7, 11) is -5.08. The van der Waals surface area contributed by atoms with E-state index >= 15 is 0 Å². The molecular formula is C48H91NO11S. The van der Waals surface area contributed by atoms with Gasteiger partial charge in [-0.3, -0.25) is 9.35 Å². The first-order valence-corrected chi connectivity index (χ1v) is 26.1. The number of rotatable bonds is 42. The number of aliphatic hydroxyl groups excluding tert-OH is 4. The molecule has 1 rings (SSSR count). The molecule has 0 aromatic carbocycles. The molecule has 12 nitrogen and oxygen atoms in total. The van der Waals surface area contributed by atoms with Crippen molar-refractivity contribution < 1.29 is 51.8 Å². The number of amides is 1. The number of aliphatic hydroxyl groups is 4. The molecule has 1 aliphatic heterocycles. The third-order valence-corrected chi connectivity index (χ3v) is 12.2. The molecule has 1 heterocycles. The molecule has 7 atom stereocenters. The first-order chi connectivity index (χ1) is 29.5. The van der Waals surface area contributed by atoms with Gasteiger partial charge in [-0.1, -0.05) is 192 Å². The Morgan fingerprint density at radius 1 is 0.639 bits per heavy atom. The van der Waals surface area contributed by atoms with E-state index in [0.717, 1.165) is 38.5 Å². The zero-order valence-corrected chi connectivity index (χ0v) is 39.3. The number of carbonyl (C=O) groups is 1. The maximum atomic E-state index is 13.0. The highest BCUT2D eigenvalue weighted by molar-refractivity contribution is 7.80. The molecule has 0 radical (unpaired) electrons. The molecule has 1 aliphatic rings. The molecule has 0 bridgehead atoms. The van der Waals surface area contributed by atoms with Gasteiger partial charge < -0.3 is 35.2 Å². The smallest absolute Gasteiger partial charge is 0.394 e. The Kier molecular flexibility index (Phi) is 36.8. The summed E-state index contributed by atoms with van der Waals surface area (Å²) in [6.45, 7) is 3.38. The second-order valence-corrected chi connectivity index (χ2v) is 18.4. The predicted octanol–water partition coefficient (Wildman–Crippen LogP) is 10.1. The SMILES string of the molecule is CCCCCCCC/C=C\CCCCCCCCCCCCCC(=O)NC(CO[C@@H]1O[C@H](CO)[C@H](O)[C@H](OS(=O)(=O)O)[C@H]1O)[C@H](O)/C=C/CCCCCCCCCCCCC. The van der Waals surface area contributed by atoms with Gasteiger partial charge in [0.15, 0.2) is 6.29 Å². The van der Waals surface area contributed by atoms with Crippen molar-refractivity contribution in [3.63, 3.8) is 0 Å². The second-order valence-electron chi connectivity index (χ2n) is 17.4. The van der Waals surface area contributed by atoms with Crippen molar-refractivity contribution in [2.45, 2.75) is 262 Å². The van der Waals surface area contributed by atoms with Crippen molar-refractivity contribution in [2.24, 2.45) is 0 Å². The summed E-state index contributed by atoms with van der Waals surface area (Å²) in [5.41, 5.74) is 0. The van der Waals surface area contributed by atoms with Gasteiger partial charge in [-0.05, 0) is 44.9 Å². The molecular weight excluding hydrogens is 799 g/mol. The van der Waals surface area contributed by atoms with E-state index in [9.17, 15) is 38.2 Å². The number of allylic oxidation sites excluding steroid dienone is 3. The largest absolute Gasteiger partial charge is 0.397 e. The molecule has 0 aliphatic carbocycles. The minimum Gasteiger partial charge on any atom is -0.394 e. The second kappa shape index (κ2) is 39.0. The molecule has 1 unspecified atom stereocenters. The van der Waals surface area contributed by atoms with Crippen LogP contribution in [0.3, 0.4) is 0 Å². The zero-order chi connectivity index (χ0) is 44.8. The van der Waals surface area contributed by atoms with Gasteiger partial charge in [-0.15, -0.1) is 0 Å². The van der Waals surface area contributed by atoms with Crippen molar-refractivity contribution in [1.82, 2.24) is 5.32 Å². The van der Waals surface area contributed by atoms with E-state index in [1.807, 2.05) is 6.08 Å². The molecule has 0 aromatic heterocycles. The first-order valence-electron chi connectivity index (χ1n) is 24.7. The highest BCUT2D eigenvalue weighted by Gasteiger charge is 2.48. The van der Waals surface area contributed by atoms with Gasteiger partial charge in [-0.2, -0.15) is 8.42 Å². The van der Waals surface area contributed by atoms with Gasteiger partial charge in [0.25, 0.3) is 0 Å². The molecule has 0 saturated carbocycles. The molecule has 1 amide bonds. The van der Waals surface area contributed by atoms with Crippen LogP contribution in [0.5, 0.6) is 0 Å². The van der Waals surface area contributed by atoms with E-state index in [1.165, 1.54) is 154 Å². The van der Waals surface area contributed by atoms with Crippen molar-refractivity contribution in [3.05, 3.63) is 24.3 Å². The third kappa shape index (κ3) is 32.0. The number of hydrogen-bond donors (Lipinski definition) is 6. The summed E-state index contributed by atoms with van der Waals surface area (Å²) in [6.07, 6.45) is 36.4. The van der Waals surface area contributed by atoms with Crippen LogP contribution in [0, 0.1) is 0 Å². The van der Waals surface area contributed by atoms with E-state index < -0.39 is 59.9 Å². The average Bonchev–Trinajstić information content (AvgIpc) is 3.23. The van der Waals surface area contributed by atoms with E-state index in [2.05, 4.69) is 35.5 Å². The average molecular weight is 890 g/mol. The fourth-order valence-corrected chi connectivity index (χ4v) is 8.37. The molecule has 0 aromatic rings. The standard InChI is InChI=1S/C48H91NO11S/c1-3-5-7-9-11-13-15-17-18-19-20-21-22-23-24-26-28-30-32-34-36-38-44(52)49-41(42(51)37-35-33-31-29-27-25-16-14-12-10-8-6-4-2)40-58-48-46(54)47(60-61(55,56)57)45(53)43(39-50)59-48/h17-18,35,37,41-43,45-48,50-51,53-54H,3-16,19-34,36,38-40H2,1-2H3,(H,49,52)(H,55,56,57)/b18-17-,37-35+/t41?,42-,43-,45+,46-,47+,48-/m1/s1. The van der Waals surface area contributed by atoms with E-state index in [0.29, 0.717) is 6.42 Å². The van der Waals surface area contributed by atoms with E-state index in [4.69, 9.17) is 9.47 Å². The minimum atomic E-state index is -5.08. The normalized spacial score (nSPS) is 20.8. The van der Waals surface area contributed by atoms with Crippen molar-refractivity contribution in [2.75, 3.05) is 13.2 Å². The van der Waals surface area contributed by atoms with Crippen LogP contribution in [0.15, 0.2) is 24.3 Å². The highest BCUT2D eigenvalue weighted by Crippen LogP contribution is 2.26. The van der Waals surface area contributed by atoms with Gasteiger partial charge in [0.1, 0.15) is 24.4 Å². The maximum absolute atomic E-state index is 13.0. The Morgan fingerprint density at radius 3 is 1.48 bits per heavy atom. The Labute approximate surface area is 372 Å². The molecule has 1 saturated heterocycles. The molecule has 61 heavy (non-hydrogen) atoms. The number of nitrogens with one attached hydrogen (secondary N) is 1. The number of unbranched alkanes of at least 4 members (excludes halogenated alkanes) is 28. The Balaban J connectivity index is 2.44. The summed E-state index contributed by atoms with van der Waals surface area (Å²) >= 11 is 0. The molecule has 360 valence electrons. The van der Waals surface area contributed by atoms with Crippen LogP contribution in [0.2, 0.25) is 0 Å². The molecule has 0 spiro atoms. The summed E-state index contributed by atoms with van der Waals surface area (Å²) in [6, 6.07) is -0.941. The van der Waals surface area contributed by atoms with Crippen LogP contribution in [0.1, 0.15) is 219 Å². The van der Waals surface area contributed by atoms with Crippen LogP contribution in [-0.2, 0) is 28.9 Å². The molecule has 1 fully saturated rings. The van der Waals surface area contributed by atoms with Crippen LogP contribution in [0.25, 0.3) is 0 Å². The van der Waals surface area contributed by atoms with Crippen LogP contribution in [0.4, 0.5) is 0 Å². The lowest BCUT2D eigenvalue weighted by Crippen LogP contribution is -2.61. The fraction of sp³-hybridized carbons (Fsp3) is 0.896. The zero-order valence-electron chi connectivity index (χ0n) is 38.5. The fourth-order valence-electron chi connectivity index (χ4n) is 7.86. The number of hydrogen-bond acceptors (Lipinski definition) is 10. The Bertz CT molecular complexity index is 1190. The lowest BCUT2D eigenvalue weighted by molar-refractivity contribution is -0.298. The van der Waals surface area contributed by atoms with Crippen molar-refractivity contribution in [1.29, 1.82) is 0 Å². The van der Waals surface area contributed by atoms with E-state index in [1.54, 1.807) is 6.08 Å². The summed E-state index contributed by atoms with van der Waals surface area (Å²) < 4.78 is 47.6. The number of carbonyl (C=O) groups excluding carboxylic acids is 1. The minimum absolute atomic E-state index is 0.263. The summed E-state index contributed by atoms with van der Waals surface area (Å²) in [5.74, 6) is -0.263. The van der Waals surface area contributed by atoms with Gasteiger partial charge in [0.2, 0.25) is 5.91 Å². The lowest BCUT2D eigenvalue weighted by atomic mass is 9.99. The Hall–Kier alpha value is -1.42. The Morgan fingerprint density at radius 2 is 1.05 bits per heavy atom. The van der Waals surface area contributed by atoms with Crippen molar-refractivity contribution >= 4 is 16.3 Å². The monoisotopic (exact) mass is 890 g/mol. The van der Waals surface area contributed by atoms with Gasteiger partial charge >= 0.3 is 10.4 Å². The van der Waals surface area contributed by atoms with Gasteiger partial charge in [0.05, 0.1) is 25.4 Å². The highest BCUT2D eigenvalue weighted by atomic mass is 32.3. The first kappa shape index (κ1) is 57.6. The number of ether oxygens (including phenoxy) is 2. The van der Waals surface area contributed by atoms with E-state index in [-0.39, 0.29) is 18.9 Å².